The zero-order chi connectivity index (χ0) is 16.2. The van der Waals surface area contributed by atoms with Gasteiger partial charge in [0.05, 0.1) is 17.8 Å². The number of carbonyl (C=O) groups is 1. The van der Waals surface area contributed by atoms with Crippen molar-refractivity contribution in [1.82, 2.24) is 0 Å². The van der Waals surface area contributed by atoms with Crippen molar-refractivity contribution in [2.45, 2.75) is 64.3 Å². The van der Waals surface area contributed by atoms with Gasteiger partial charge in [-0.1, -0.05) is 45.0 Å². The highest BCUT2D eigenvalue weighted by Crippen LogP contribution is 2.30. The summed E-state index contributed by atoms with van der Waals surface area (Å²) in [5.74, 6) is 0.389. The first-order chi connectivity index (χ1) is 10.4. The molecule has 0 aromatic carbocycles. The van der Waals surface area contributed by atoms with Crippen LogP contribution in [0.15, 0.2) is 28.4 Å². The molecule has 1 saturated carbocycles. The number of hydrogen-bond donors (Lipinski definition) is 1. The van der Waals surface area contributed by atoms with Crippen LogP contribution in [-0.4, -0.2) is 19.5 Å². The lowest BCUT2D eigenvalue weighted by molar-refractivity contribution is -0.105. The van der Waals surface area contributed by atoms with Crippen LogP contribution in [0.1, 0.15) is 50.2 Å². The van der Waals surface area contributed by atoms with E-state index in [1.54, 1.807) is 6.26 Å². The van der Waals surface area contributed by atoms with Crippen LogP contribution in [0.4, 0.5) is 0 Å². The van der Waals surface area contributed by atoms with Gasteiger partial charge < -0.3 is 9.52 Å². The van der Waals surface area contributed by atoms with E-state index in [9.17, 15) is 9.90 Å². The third kappa shape index (κ3) is 4.43. The summed E-state index contributed by atoms with van der Waals surface area (Å²) in [7, 11) is -1.49. The number of hydrogen-bond acceptors (Lipinski definition) is 3. The monoisotopic (exact) mass is 320 g/mol. The molecule has 1 fully saturated rings. The molecule has 122 valence electrons. The Morgan fingerprint density at radius 2 is 2.05 bits per heavy atom. The first kappa shape index (κ1) is 17.2. The average Bonchev–Trinajstić information content (AvgIpc) is 2.99. The highest BCUT2D eigenvalue weighted by molar-refractivity contribution is 6.87. The molecule has 1 aromatic rings. The van der Waals surface area contributed by atoms with Crippen molar-refractivity contribution >= 4 is 19.7 Å². The fraction of sp³-hybridized carbons (Fsp3) is 0.611. The van der Waals surface area contributed by atoms with Gasteiger partial charge in [-0.05, 0) is 36.8 Å². The summed E-state index contributed by atoms with van der Waals surface area (Å²) >= 11 is 0. The number of aliphatic hydroxyl groups is 1. The first-order valence-corrected chi connectivity index (χ1v) is 11.8. The van der Waals surface area contributed by atoms with Crippen LogP contribution in [0.3, 0.4) is 0 Å². The smallest absolute Gasteiger partial charge is 0.145 e. The van der Waals surface area contributed by atoms with E-state index < -0.39 is 14.2 Å². The van der Waals surface area contributed by atoms with E-state index in [0.29, 0.717) is 12.3 Å². The van der Waals surface area contributed by atoms with E-state index in [2.05, 4.69) is 19.6 Å². The van der Waals surface area contributed by atoms with E-state index in [1.807, 2.05) is 12.1 Å². The normalized spacial score (nSPS) is 19.2. The van der Waals surface area contributed by atoms with E-state index in [-0.39, 0.29) is 0 Å². The molecule has 1 aliphatic carbocycles. The van der Waals surface area contributed by atoms with E-state index in [4.69, 9.17) is 4.42 Å². The molecule has 1 unspecified atom stereocenters. The molecule has 0 amide bonds. The molecule has 0 bridgehead atoms. The number of aliphatic hydroxyl groups excluding tert-OH is 1. The van der Waals surface area contributed by atoms with Gasteiger partial charge in [-0.15, -0.1) is 0 Å². The van der Waals surface area contributed by atoms with E-state index in [0.717, 1.165) is 35.6 Å². The lowest BCUT2D eigenvalue weighted by atomic mass is 9.83. The van der Waals surface area contributed by atoms with Crippen LogP contribution in [0.5, 0.6) is 0 Å². The van der Waals surface area contributed by atoms with Gasteiger partial charge in [-0.2, -0.15) is 0 Å². The van der Waals surface area contributed by atoms with E-state index in [1.165, 1.54) is 19.3 Å². The van der Waals surface area contributed by atoms with Gasteiger partial charge in [0.25, 0.3) is 0 Å². The minimum atomic E-state index is -1.49. The van der Waals surface area contributed by atoms with Crippen molar-refractivity contribution in [3.05, 3.63) is 29.5 Å². The fourth-order valence-electron chi connectivity index (χ4n) is 3.05. The van der Waals surface area contributed by atoms with Crippen LogP contribution >= 0.6 is 0 Å². The van der Waals surface area contributed by atoms with Crippen LogP contribution in [0.25, 0.3) is 0 Å². The van der Waals surface area contributed by atoms with Crippen molar-refractivity contribution in [3.8, 4) is 0 Å². The highest BCUT2D eigenvalue weighted by Gasteiger charge is 2.23. The SMILES string of the molecule is C[Si](C)(C)c1cc(C(O)CC=C(C=O)C2CCCCC2)co1. The molecule has 0 aliphatic heterocycles. The summed E-state index contributed by atoms with van der Waals surface area (Å²) in [6, 6.07) is 1.98. The van der Waals surface area contributed by atoms with E-state index >= 15 is 0 Å². The minimum Gasteiger partial charge on any atom is -0.474 e. The van der Waals surface area contributed by atoms with Crippen LogP contribution in [-0.2, 0) is 4.79 Å². The Bertz CT molecular complexity index is 519. The van der Waals surface area contributed by atoms with Gasteiger partial charge in [-0.25, -0.2) is 0 Å². The van der Waals surface area contributed by atoms with Crippen molar-refractivity contribution in [3.63, 3.8) is 0 Å². The summed E-state index contributed by atoms with van der Waals surface area (Å²) in [5, 5.41) is 11.3. The summed E-state index contributed by atoms with van der Waals surface area (Å²) in [6.07, 6.45) is 10.4. The topological polar surface area (TPSA) is 50.4 Å². The number of allylic oxidation sites excluding steroid dienone is 1. The third-order valence-corrected chi connectivity index (χ3v) is 6.27. The fourth-order valence-corrected chi connectivity index (χ4v) is 4.06. The average molecular weight is 321 g/mol. The quantitative estimate of drug-likeness (QED) is 0.490. The Labute approximate surface area is 134 Å². The maximum Gasteiger partial charge on any atom is 0.145 e. The second-order valence-electron chi connectivity index (χ2n) is 7.40. The summed E-state index contributed by atoms with van der Waals surface area (Å²) in [6.45, 7) is 6.65. The largest absolute Gasteiger partial charge is 0.474 e. The zero-order valence-electron chi connectivity index (χ0n) is 14.0. The Balaban J connectivity index is 2.00. The highest BCUT2D eigenvalue weighted by atomic mass is 28.3. The molecule has 1 aliphatic rings. The van der Waals surface area contributed by atoms with Gasteiger partial charge >= 0.3 is 0 Å². The predicted octanol–water partition coefficient (Wildman–Crippen LogP) is 3.95. The molecule has 1 aromatic heterocycles. The van der Waals surface area contributed by atoms with Gasteiger partial charge in [0.1, 0.15) is 14.4 Å². The maximum atomic E-state index is 11.3. The van der Waals surface area contributed by atoms with Crippen molar-refractivity contribution in [1.29, 1.82) is 0 Å². The lowest BCUT2D eigenvalue weighted by Crippen LogP contribution is -2.36. The summed E-state index contributed by atoms with van der Waals surface area (Å²) < 4.78 is 5.61. The Morgan fingerprint density at radius 1 is 1.36 bits per heavy atom. The van der Waals surface area contributed by atoms with Gasteiger partial charge in [-0.3, -0.25) is 4.79 Å². The Kier molecular flexibility index (Phi) is 5.81. The summed E-state index contributed by atoms with van der Waals surface area (Å²) in [4.78, 5) is 11.3. The first-order valence-electron chi connectivity index (χ1n) is 8.34. The van der Waals surface area contributed by atoms with Crippen LogP contribution in [0, 0.1) is 5.92 Å². The zero-order valence-corrected chi connectivity index (χ0v) is 15.0. The van der Waals surface area contributed by atoms with Gasteiger partial charge in [0.15, 0.2) is 0 Å². The van der Waals surface area contributed by atoms with Crippen LogP contribution < -0.4 is 5.38 Å². The third-order valence-electron chi connectivity index (χ3n) is 4.53. The molecule has 1 heterocycles. The van der Waals surface area contributed by atoms with Gasteiger partial charge in [0, 0.05) is 5.56 Å². The van der Waals surface area contributed by atoms with Crippen LogP contribution in [0.2, 0.25) is 19.6 Å². The number of aldehydes is 1. The molecule has 4 heteroatoms. The molecular formula is C18H28O3Si. The minimum absolute atomic E-state index is 0.389. The van der Waals surface area contributed by atoms with Crippen molar-refractivity contribution in [2.24, 2.45) is 5.92 Å². The van der Waals surface area contributed by atoms with Crippen molar-refractivity contribution in [2.75, 3.05) is 0 Å². The van der Waals surface area contributed by atoms with Gasteiger partial charge in [0.2, 0.25) is 0 Å². The predicted molar refractivity (Wildman–Crippen MR) is 92.0 cm³/mol. The molecule has 1 atom stereocenters. The molecule has 22 heavy (non-hydrogen) atoms. The van der Waals surface area contributed by atoms with Crippen molar-refractivity contribution < 1.29 is 14.3 Å². The summed E-state index contributed by atoms with van der Waals surface area (Å²) in [5.41, 5.74) is 1.69. The Hall–Kier alpha value is -1.13. The molecule has 0 spiro atoms. The molecule has 0 radical (unpaired) electrons. The Morgan fingerprint density at radius 3 is 2.59 bits per heavy atom. The molecule has 2 rings (SSSR count). The molecule has 1 N–H and O–H groups in total. The number of carbonyl (C=O) groups excluding carboxylic acids is 1. The molecule has 0 saturated heterocycles. The second kappa shape index (κ2) is 7.42. The second-order valence-corrected chi connectivity index (χ2v) is 12.4. The lowest BCUT2D eigenvalue weighted by Gasteiger charge is -2.21. The standard InChI is InChI=1S/C18H28O3Si/c1-22(2,3)18-11-16(13-21-18)17(20)10-9-15(12-19)14-7-5-4-6-8-14/h9,11-14,17,20H,4-8,10H2,1-3H3. The molecule has 3 nitrogen and oxygen atoms in total. The number of rotatable bonds is 6. The number of furan rings is 1. The maximum absolute atomic E-state index is 11.3. The molecular weight excluding hydrogens is 292 g/mol.